The van der Waals surface area contributed by atoms with Gasteiger partial charge in [0.05, 0.1) is 6.54 Å². The van der Waals surface area contributed by atoms with E-state index in [0.29, 0.717) is 18.6 Å². The lowest BCUT2D eigenvalue weighted by molar-refractivity contribution is -0.121. The van der Waals surface area contributed by atoms with Crippen LogP contribution < -0.4 is 10.6 Å². The van der Waals surface area contributed by atoms with Gasteiger partial charge in [0.2, 0.25) is 5.91 Å². The van der Waals surface area contributed by atoms with Crippen LogP contribution in [0.1, 0.15) is 40.0 Å². The minimum absolute atomic E-state index is 0.117. The van der Waals surface area contributed by atoms with E-state index in [-0.39, 0.29) is 5.91 Å². The van der Waals surface area contributed by atoms with E-state index in [0.717, 1.165) is 12.3 Å². The highest BCUT2D eigenvalue weighted by atomic mass is 16.1. The Bertz CT molecular complexity index is 188. The highest BCUT2D eigenvalue weighted by Gasteiger charge is 2.23. The minimum Gasteiger partial charge on any atom is -0.353 e. The number of hydrogen-bond acceptors (Lipinski definition) is 2. The van der Waals surface area contributed by atoms with Crippen LogP contribution in [0.3, 0.4) is 0 Å². The van der Waals surface area contributed by atoms with E-state index in [1.165, 1.54) is 12.8 Å². The molecule has 3 heteroatoms. The summed E-state index contributed by atoms with van der Waals surface area (Å²) in [6, 6.07) is 0.712. The molecule has 0 heterocycles. The van der Waals surface area contributed by atoms with Crippen molar-refractivity contribution in [2.24, 2.45) is 5.92 Å². The van der Waals surface area contributed by atoms with Crippen molar-refractivity contribution < 1.29 is 4.79 Å². The van der Waals surface area contributed by atoms with Crippen molar-refractivity contribution in [3.8, 4) is 0 Å². The molecule has 0 aliphatic heterocycles. The predicted octanol–water partition coefficient (Wildman–Crippen LogP) is 1.29. The average Bonchev–Trinajstić information content (AvgIpc) is 2.84. The third-order valence-electron chi connectivity index (χ3n) is 2.46. The second kappa shape index (κ2) is 5.35. The van der Waals surface area contributed by atoms with E-state index in [1.807, 2.05) is 13.8 Å². The van der Waals surface area contributed by atoms with Crippen molar-refractivity contribution in [3.05, 3.63) is 0 Å². The zero-order valence-corrected chi connectivity index (χ0v) is 9.47. The molecule has 0 bridgehead atoms. The van der Waals surface area contributed by atoms with Crippen molar-refractivity contribution in [2.75, 3.05) is 6.54 Å². The van der Waals surface area contributed by atoms with Crippen LogP contribution in [-0.2, 0) is 4.79 Å². The minimum atomic E-state index is 0.117. The zero-order valence-electron chi connectivity index (χ0n) is 9.47. The number of rotatable bonds is 6. The van der Waals surface area contributed by atoms with Crippen molar-refractivity contribution in [1.82, 2.24) is 10.6 Å². The molecular weight excluding hydrogens is 176 g/mol. The van der Waals surface area contributed by atoms with Gasteiger partial charge in [-0.25, -0.2) is 0 Å². The molecular formula is C11H22N2O. The van der Waals surface area contributed by atoms with Crippen LogP contribution in [0.5, 0.6) is 0 Å². The van der Waals surface area contributed by atoms with Crippen LogP contribution >= 0.6 is 0 Å². The van der Waals surface area contributed by atoms with Gasteiger partial charge < -0.3 is 10.6 Å². The molecule has 1 atom stereocenters. The van der Waals surface area contributed by atoms with Gasteiger partial charge in [-0.1, -0.05) is 26.7 Å². The Morgan fingerprint density at radius 1 is 1.36 bits per heavy atom. The fourth-order valence-electron chi connectivity index (χ4n) is 1.54. The molecule has 2 N–H and O–H groups in total. The first-order valence-corrected chi connectivity index (χ1v) is 5.60. The van der Waals surface area contributed by atoms with Gasteiger partial charge in [0.15, 0.2) is 0 Å². The standard InChI is InChI=1S/C11H22N2O/c1-8(2)12-7-11(14)13-9(3)6-10-4-5-10/h8-10,12H,4-7H2,1-3H3,(H,13,14). The van der Waals surface area contributed by atoms with E-state index in [2.05, 4.69) is 17.6 Å². The Labute approximate surface area is 86.6 Å². The molecule has 0 spiro atoms. The quantitative estimate of drug-likeness (QED) is 0.675. The fourth-order valence-corrected chi connectivity index (χ4v) is 1.54. The first-order chi connectivity index (χ1) is 6.58. The lowest BCUT2D eigenvalue weighted by atomic mass is 10.1. The van der Waals surface area contributed by atoms with Gasteiger partial charge in [0, 0.05) is 12.1 Å². The summed E-state index contributed by atoms with van der Waals surface area (Å²) in [5.41, 5.74) is 0. The summed E-state index contributed by atoms with van der Waals surface area (Å²) in [5, 5.41) is 6.11. The maximum absolute atomic E-state index is 11.4. The van der Waals surface area contributed by atoms with Crippen LogP contribution in [-0.4, -0.2) is 24.5 Å². The summed E-state index contributed by atoms with van der Waals surface area (Å²) >= 11 is 0. The van der Waals surface area contributed by atoms with Gasteiger partial charge in [-0.2, -0.15) is 0 Å². The Morgan fingerprint density at radius 2 is 2.00 bits per heavy atom. The number of carbonyl (C=O) groups excluding carboxylic acids is 1. The van der Waals surface area contributed by atoms with Crippen LogP contribution in [0.15, 0.2) is 0 Å². The molecule has 1 saturated carbocycles. The number of amides is 1. The zero-order chi connectivity index (χ0) is 10.6. The Morgan fingerprint density at radius 3 is 2.50 bits per heavy atom. The molecule has 1 unspecified atom stereocenters. The normalized spacial score (nSPS) is 18.3. The van der Waals surface area contributed by atoms with Crippen molar-refractivity contribution in [2.45, 2.75) is 52.1 Å². The molecule has 1 fully saturated rings. The predicted molar refractivity (Wildman–Crippen MR) is 58.1 cm³/mol. The van der Waals surface area contributed by atoms with E-state index >= 15 is 0 Å². The molecule has 3 nitrogen and oxygen atoms in total. The van der Waals surface area contributed by atoms with Crippen LogP contribution in [0.4, 0.5) is 0 Å². The summed E-state index contributed by atoms with van der Waals surface area (Å²) in [6.07, 6.45) is 3.85. The maximum atomic E-state index is 11.4. The second-order valence-corrected chi connectivity index (χ2v) is 4.68. The topological polar surface area (TPSA) is 41.1 Å². The monoisotopic (exact) mass is 198 g/mol. The highest BCUT2D eigenvalue weighted by molar-refractivity contribution is 5.78. The Kier molecular flexibility index (Phi) is 4.39. The lowest BCUT2D eigenvalue weighted by Crippen LogP contribution is -2.41. The summed E-state index contributed by atoms with van der Waals surface area (Å²) in [4.78, 5) is 11.4. The van der Waals surface area contributed by atoms with E-state index < -0.39 is 0 Å². The van der Waals surface area contributed by atoms with Crippen LogP contribution in [0, 0.1) is 5.92 Å². The van der Waals surface area contributed by atoms with Crippen molar-refractivity contribution in [1.29, 1.82) is 0 Å². The summed E-state index contributed by atoms with van der Waals surface area (Å²) in [7, 11) is 0. The van der Waals surface area contributed by atoms with Crippen LogP contribution in [0.25, 0.3) is 0 Å². The fraction of sp³-hybridized carbons (Fsp3) is 0.909. The van der Waals surface area contributed by atoms with Crippen LogP contribution in [0.2, 0.25) is 0 Å². The van der Waals surface area contributed by atoms with Gasteiger partial charge in [-0.05, 0) is 19.3 Å². The van der Waals surface area contributed by atoms with Crippen molar-refractivity contribution >= 4 is 5.91 Å². The first-order valence-electron chi connectivity index (χ1n) is 5.60. The summed E-state index contributed by atoms with van der Waals surface area (Å²) in [6.45, 7) is 6.61. The maximum Gasteiger partial charge on any atom is 0.234 e. The Balaban J connectivity index is 2.05. The molecule has 0 aromatic rings. The van der Waals surface area contributed by atoms with Gasteiger partial charge in [0.25, 0.3) is 0 Å². The number of nitrogens with one attached hydrogen (secondary N) is 2. The largest absolute Gasteiger partial charge is 0.353 e. The smallest absolute Gasteiger partial charge is 0.234 e. The molecule has 14 heavy (non-hydrogen) atoms. The molecule has 0 radical (unpaired) electrons. The average molecular weight is 198 g/mol. The molecule has 0 saturated heterocycles. The van der Waals surface area contributed by atoms with Gasteiger partial charge in [0.1, 0.15) is 0 Å². The van der Waals surface area contributed by atoms with Gasteiger partial charge in [-0.3, -0.25) is 4.79 Å². The molecule has 1 rings (SSSR count). The third kappa shape index (κ3) is 5.22. The molecule has 1 aliphatic rings. The summed E-state index contributed by atoms with van der Waals surface area (Å²) in [5.74, 6) is 0.996. The number of carbonyl (C=O) groups is 1. The Hall–Kier alpha value is -0.570. The van der Waals surface area contributed by atoms with E-state index in [1.54, 1.807) is 0 Å². The molecule has 1 aliphatic carbocycles. The molecule has 0 aromatic carbocycles. The summed E-state index contributed by atoms with van der Waals surface area (Å²) < 4.78 is 0. The van der Waals surface area contributed by atoms with E-state index in [4.69, 9.17) is 0 Å². The molecule has 1 amide bonds. The second-order valence-electron chi connectivity index (χ2n) is 4.68. The first kappa shape index (κ1) is 11.5. The third-order valence-corrected chi connectivity index (χ3v) is 2.46. The lowest BCUT2D eigenvalue weighted by Gasteiger charge is -2.14. The van der Waals surface area contributed by atoms with Crippen molar-refractivity contribution in [3.63, 3.8) is 0 Å². The highest BCUT2D eigenvalue weighted by Crippen LogP contribution is 2.33. The molecule has 0 aromatic heterocycles. The van der Waals surface area contributed by atoms with Gasteiger partial charge >= 0.3 is 0 Å². The van der Waals surface area contributed by atoms with Gasteiger partial charge in [-0.15, -0.1) is 0 Å². The van der Waals surface area contributed by atoms with E-state index in [9.17, 15) is 4.79 Å². The SMILES string of the molecule is CC(C)NCC(=O)NC(C)CC1CC1. The number of hydrogen-bond donors (Lipinski definition) is 2. The molecule has 82 valence electrons.